The summed E-state index contributed by atoms with van der Waals surface area (Å²) < 4.78 is 20.8. The van der Waals surface area contributed by atoms with Crippen LogP contribution in [-0.2, 0) is 13.6 Å². The van der Waals surface area contributed by atoms with Crippen LogP contribution in [0, 0.1) is 0 Å². The lowest BCUT2D eigenvalue weighted by Crippen LogP contribution is -2.56. The SMILES string of the molecule is CC(C)[Si](O[C@H]1/C=C\C=C\c2ccccc2C(=O)OCC[C@@H]1O[Si](C(C)C)(C(C)C)C(C)C)(C(C)C)C(C)C. The van der Waals surface area contributed by atoms with Crippen molar-refractivity contribution in [3.63, 3.8) is 0 Å². The van der Waals surface area contributed by atoms with E-state index in [1.807, 2.05) is 36.4 Å². The second-order valence-electron chi connectivity index (χ2n) is 13.1. The molecule has 1 aliphatic heterocycles. The molecule has 0 aromatic heterocycles. The van der Waals surface area contributed by atoms with Crippen LogP contribution in [0.2, 0.25) is 33.2 Å². The van der Waals surface area contributed by atoms with Crippen molar-refractivity contribution in [3.05, 3.63) is 53.6 Å². The van der Waals surface area contributed by atoms with Crippen LogP contribution >= 0.6 is 0 Å². The lowest BCUT2D eigenvalue weighted by molar-refractivity contribution is 0.0229. The number of fused-ring (bicyclic) bond motifs is 1. The van der Waals surface area contributed by atoms with E-state index in [-0.39, 0.29) is 18.2 Å². The van der Waals surface area contributed by atoms with Crippen LogP contribution in [0.1, 0.15) is 105 Å². The van der Waals surface area contributed by atoms with E-state index >= 15 is 0 Å². The molecule has 0 spiro atoms. The topological polar surface area (TPSA) is 44.8 Å². The van der Waals surface area contributed by atoms with Crippen molar-refractivity contribution in [2.24, 2.45) is 0 Å². The fourth-order valence-electron chi connectivity index (χ4n) is 7.35. The van der Waals surface area contributed by atoms with Gasteiger partial charge in [-0.15, -0.1) is 0 Å². The number of rotatable bonds is 10. The van der Waals surface area contributed by atoms with Crippen LogP contribution in [0.15, 0.2) is 42.5 Å². The molecule has 2 atom stereocenters. The Kier molecular flexibility index (Phi) is 12.5. The molecule has 39 heavy (non-hydrogen) atoms. The zero-order chi connectivity index (χ0) is 29.5. The fourth-order valence-corrected chi connectivity index (χ4v) is 18.5. The molecule has 0 unspecified atom stereocenters. The molecule has 4 nitrogen and oxygen atoms in total. The molecule has 1 aromatic carbocycles. The van der Waals surface area contributed by atoms with Gasteiger partial charge in [0, 0.05) is 6.42 Å². The molecule has 0 saturated heterocycles. The molecule has 0 bridgehead atoms. The minimum atomic E-state index is -2.24. The van der Waals surface area contributed by atoms with Crippen molar-refractivity contribution in [1.29, 1.82) is 0 Å². The minimum Gasteiger partial charge on any atom is -0.462 e. The summed E-state index contributed by atoms with van der Waals surface area (Å²) in [4.78, 5) is 13.1. The first-order chi connectivity index (χ1) is 18.2. The summed E-state index contributed by atoms with van der Waals surface area (Å²) in [6, 6.07) is 7.62. The van der Waals surface area contributed by atoms with Gasteiger partial charge in [0.2, 0.25) is 16.6 Å². The Morgan fingerprint density at radius 1 is 0.718 bits per heavy atom. The zero-order valence-electron chi connectivity index (χ0n) is 26.8. The van der Waals surface area contributed by atoms with Gasteiger partial charge < -0.3 is 13.6 Å². The molecular formula is C33H56O4Si2. The monoisotopic (exact) mass is 572 g/mol. The van der Waals surface area contributed by atoms with E-state index in [0.717, 1.165) is 5.56 Å². The van der Waals surface area contributed by atoms with Gasteiger partial charge in [0.25, 0.3) is 0 Å². The first kappa shape index (κ1) is 33.7. The van der Waals surface area contributed by atoms with Crippen molar-refractivity contribution in [2.45, 2.75) is 135 Å². The number of allylic oxidation sites excluding steroid dienone is 2. The lowest BCUT2D eigenvalue weighted by atomic mass is 10.1. The van der Waals surface area contributed by atoms with Crippen LogP contribution in [-0.4, -0.2) is 41.4 Å². The van der Waals surface area contributed by atoms with Gasteiger partial charge in [0.15, 0.2) is 0 Å². The van der Waals surface area contributed by atoms with Crippen LogP contribution in [0.3, 0.4) is 0 Å². The van der Waals surface area contributed by atoms with Gasteiger partial charge in [-0.1, -0.05) is 126 Å². The summed E-state index contributed by atoms with van der Waals surface area (Å²) in [6.45, 7) is 28.2. The Labute approximate surface area is 241 Å². The van der Waals surface area contributed by atoms with E-state index < -0.39 is 16.6 Å². The van der Waals surface area contributed by atoms with Crippen LogP contribution in [0.25, 0.3) is 6.08 Å². The number of ether oxygens (including phenoxy) is 1. The summed E-state index contributed by atoms with van der Waals surface area (Å²) in [6.07, 6.45) is 8.49. The number of cyclic esters (lactones) is 1. The van der Waals surface area contributed by atoms with Gasteiger partial charge in [-0.25, -0.2) is 4.79 Å². The molecule has 1 heterocycles. The number of carbonyl (C=O) groups is 1. The van der Waals surface area contributed by atoms with E-state index in [1.54, 1.807) is 0 Å². The van der Waals surface area contributed by atoms with Crippen LogP contribution in [0.4, 0.5) is 0 Å². The molecule has 1 aromatic rings. The maximum absolute atomic E-state index is 13.1. The maximum atomic E-state index is 13.1. The fraction of sp³-hybridized carbons (Fsp3) is 0.667. The third kappa shape index (κ3) is 7.43. The third-order valence-corrected chi connectivity index (χ3v) is 21.2. The summed E-state index contributed by atoms with van der Waals surface area (Å²) in [5, 5.41) is 0. The predicted molar refractivity (Wildman–Crippen MR) is 171 cm³/mol. The molecule has 220 valence electrons. The van der Waals surface area contributed by atoms with Crippen molar-refractivity contribution in [1.82, 2.24) is 0 Å². The van der Waals surface area contributed by atoms with E-state index in [9.17, 15) is 4.79 Å². The van der Waals surface area contributed by atoms with Gasteiger partial charge in [-0.3, -0.25) is 0 Å². The Balaban J connectivity index is 2.69. The van der Waals surface area contributed by atoms with Crippen molar-refractivity contribution in [2.75, 3.05) is 6.61 Å². The van der Waals surface area contributed by atoms with Gasteiger partial charge in [-0.2, -0.15) is 0 Å². The predicted octanol–water partition coefficient (Wildman–Crippen LogP) is 9.94. The largest absolute Gasteiger partial charge is 0.462 e. The number of carbonyl (C=O) groups excluding carboxylic acids is 1. The first-order valence-corrected chi connectivity index (χ1v) is 19.5. The standard InChI is InChI=1S/C33H56O4Si2/c1-23(2)38(24(3)4,25(5)6)36-31-20-16-14-18-29-17-13-15-19-30(29)33(34)35-22-21-32(31)37-39(26(7)8,27(9)10)28(11)12/h13-20,23-28,31-32H,21-22H2,1-12H3/b18-14+,20-16-/t31-,32-/m0/s1. The van der Waals surface area contributed by atoms with Crippen LogP contribution in [0.5, 0.6) is 0 Å². The highest BCUT2D eigenvalue weighted by molar-refractivity contribution is 6.78. The molecule has 0 fully saturated rings. The molecule has 0 amide bonds. The number of hydrogen-bond donors (Lipinski definition) is 0. The van der Waals surface area contributed by atoms with E-state index in [4.69, 9.17) is 13.6 Å². The smallest absolute Gasteiger partial charge is 0.338 e. The van der Waals surface area contributed by atoms with Crippen LogP contribution < -0.4 is 0 Å². The third-order valence-electron chi connectivity index (χ3n) is 8.98. The average Bonchev–Trinajstić information content (AvgIpc) is 2.83. The highest BCUT2D eigenvalue weighted by Gasteiger charge is 2.50. The number of benzene rings is 1. The van der Waals surface area contributed by atoms with Gasteiger partial charge >= 0.3 is 5.97 Å². The molecule has 1 aliphatic rings. The highest BCUT2D eigenvalue weighted by atomic mass is 28.4. The van der Waals surface area contributed by atoms with E-state index in [0.29, 0.717) is 51.8 Å². The Morgan fingerprint density at radius 2 is 1.21 bits per heavy atom. The van der Waals surface area contributed by atoms with E-state index in [1.165, 1.54) is 0 Å². The lowest BCUT2D eigenvalue weighted by Gasteiger charge is -2.49. The van der Waals surface area contributed by atoms with Crippen molar-refractivity contribution >= 4 is 28.7 Å². The second-order valence-corrected chi connectivity index (χ2v) is 23.9. The van der Waals surface area contributed by atoms with Crippen molar-refractivity contribution in [3.8, 4) is 0 Å². The molecule has 0 saturated carbocycles. The maximum Gasteiger partial charge on any atom is 0.338 e. The van der Waals surface area contributed by atoms with Gasteiger partial charge in [-0.05, 0) is 44.9 Å². The highest BCUT2D eigenvalue weighted by Crippen LogP contribution is 2.46. The molecule has 0 N–H and O–H groups in total. The quantitative estimate of drug-likeness (QED) is 0.207. The molecule has 0 radical (unpaired) electrons. The van der Waals surface area contributed by atoms with Crippen molar-refractivity contribution < 1.29 is 18.4 Å². The summed E-state index contributed by atoms with van der Waals surface area (Å²) in [5.74, 6) is -0.286. The molecule has 6 heteroatoms. The molecule has 2 rings (SSSR count). The Morgan fingerprint density at radius 3 is 1.72 bits per heavy atom. The number of esters is 1. The first-order valence-electron chi connectivity index (χ1n) is 15.2. The van der Waals surface area contributed by atoms with E-state index in [2.05, 4.69) is 95.2 Å². The summed E-state index contributed by atoms with van der Waals surface area (Å²) in [7, 11) is -4.46. The second kappa shape index (κ2) is 14.4. The number of hydrogen-bond acceptors (Lipinski definition) is 4. The van der Waals surface area contributed by atoms with Gasteiger partial charge in [0.05, 0.1) is 24.4 Å². The summed E-state index contributed by atoms with van der Waals surface area (Å²) >= 11 is 0. The molecule has 0 aliphatic carbocycles. The normalized spacial score (nSPS) is 21.3. The Hall–Kier alpha value is -1.48. The van der Waals surface area contributed by atoms with Gasteiger partial charge in [0.1, 0.15) is 0 Å². The minimum absolute atomic E-state index is 0.195. The molecular weight excluding hydrogens is 517 g/mol. The zero-order valence-corrected chi connectivity index (χ0v) is 28.8. The average molecular weight is 573 g/mol. The Bertz CT molecular complexity index is 934. The summed E-state index contributed by atoms with van der Waals surface area (Å²) in [5.41, 5.74) is 4.15.